The standard InChI is InChI=1S/C13H18O3/c1-13(15,12(14)11-7-8-11)16-9-10-5-3-2-4-6-10/h2-6,11-12,14-15H,7-9H2,1H3. The van der Waals surface area contributed by atoms with Gasteiger partial charge >= 0.3 is 0 Å². The van der Waals surface area contributed by atoms with Crippen molar-refractivity contribution >= 4 is 0 Å². The normalized spacial score (nSPS) is 21.4. The van der Waals surface area contributed by atoms with Crippen molar-refractivity contribution in [3.63, 3.8) is 0 Å². The number of benzene rings is 1. The summed E-state index contributed by atoms with van der Waals surface area (Å²) in [6.45, 7) is 1.84. The first kappa shape index (κ1) is 11.6. The molecule has 0 spiro atoms. The Morgan fingerprint density at radius 1 is 1.38 bits per heavy atom. The van der Waals surface area contributed by atoms with Crippen LogP contribution in [0.1, 0.15) is 25.3 Å². The first-order chi connectivity index (χ1) is 7.59. The zero-order valence-electron chi connectivity index (χ0n) is 9.47. The highest BCUT2D eigenvalue weighted by Gasteiger charge is 2.42. The van der Waals surface area contributed by atoms with Gasteiger partial charge in [0, 0.05) is 0 Å². The second-order valence-electron chi connectivity index (χ2n) is 4.61. The Bertz CT molecular complexity index is 330. The van der Waals surface area contributed by atoms with Crippen molar-refractivity contribution in [2.24, 2.45) is 5.92 Å². The fourth-order valence-corrected chi connectivity index (χ4v) is 1.74. The molecule has 16 heavy (non-hydrogen) atoms. The fourth-order valence-electron chi connectivity index (χ4n) is 1.74. The first-order valence-corrected chi connectivity index (χ1v) is 5.68. The number of aliphatic hydroxyl groups excluding tert-OH is 1. The minimum Gasteiger partial charge on any atom is -0.387 e. The Kier molecular flexibility index (Phi) is 3.28. The molecule has 1 aliphatic carbocycles. The molecule has 88 valence electrons. The molecule has 1 aromatic rings. The molecule has 3 nitrogen and oxygen atoms in total. The van der Waals surface area contributed by atoms with Gasteiger partial charge in [-0.25, -0.2) is 0 Å². The lowest BCUT2D eigenvalue weighted by molar-refractivity contribution is -0.255. The van der Waals surface area contributed by atoms with E-state index in [9.17, 15) is 10.2 Å². The highest BCUT2D eigenvalue weighted by molar-refractivity contribution is 5.13. The molecule has 2 unspecified atom stereocenters. The molecule has 2 atom stereocenters. The topological polar surface area (TPSA) is 49.7 Å². The van der Waals surface area contributed by atoms with E-state index < -0.39 is 11.9 Å². The average Bonchev–Trinajstić information content (AvgIpc) is 3.11. The second-order valence-corrected chi connectivity index (χ2v) is 4.61. The molecular weight excluding hydrogens is 204 g/mol. The highest BCUT2D eigenvalue weighted by Crippen LogP contribution is 2.37. The van der Waals surface area contributed by atoms with Crippen LogP contribution in [-0.2, 0) is 11.3 Å². The summed E-state index contributed by atoms with van der Waals surface area (Å²) in [5.74, 6) is -1.25. The third kappa shape index (κ3) is 2.82. The van der Waals surface area contributed by atoms with Crippen molar-refractivity contribution in [1.29, 1.82) is 0 Å². The first-order valence-electron chi connectivity index (χ1n) is 5.68. The minimum absolute atomic E-state index is 0.200. The summed E-state index contributed by atoms with van der Waals surface area (Å²) in [5, 5.41) is 19.8. The van der Waals surface area contributed by atoms with Crippen LogP contribution in [0.5, 0.6) is 0 Å². The predicted octanol–water partition coefficient (Wildman–Crippen LogP) is 1.68. The third-order valence-electron chi connectivity index (χ3n) is 2.99. The molecule has 2 N–H and O–H groups in total. The summed E-state index contributed by atoms with van der Waals surface area (Å²) in [5.41, 5.74) is 0.991. The Hall–Kier alpha value is -0.900. The van der Waals surface area contributed by atoms with Gasteiger partial charge in [0.1, 0.15) is 6.10 Å². The van der Waals surface area contributed by atoms with Crippen LogP contribution in [0.3, 0.4) is 0 Å². The monoisotopic (exact) mass is 222 g/mol. The van der Waals surface area contributed by atoms with Gasteiger partial charge in [0.2, 0.25) is 0 Å². The van der Waals surface area contributed by atoms with E-state index in [4.69, 9.17) is 4.74 Å². The van der Waals surface area contributed by atoms with Gasteiger partial charge in [-0.05, 0) is 31.2 Å². The van der Waals surface area contributed by atoms with E-state index in [0.29, 0.717) is 6.61 Å². The van der Waals surface area contributed by atoms with Crippen molar-refractivity contribution in [1.82, 2.24) is 0 Å². The smallest absolute Gasteiger partial charge is 0.189 e. The SMILES string of the molecule is CC(O)(OCc1ccccc1)C(O)C1CC1. The third-order valence-corrected chi connectivity index (χ3v) is 2.99. The van der Waals surface area contributed by atoms with Gasteiger partial charge in [0.15, 0.2) is 5.79 Å². The van der Waals surface area contributed by atoms with Gasteiger partial charge in [-0.2, -0.15) is 0 Å². The maximum atomic E-state index is 9.98. The molecule has 0 heterocycles. The maximum Gasteiger partial charge on any atom is 0.189 e. The van der Waals surface area contributed by atoms with Gasteiger partial charge in [0.25, 0.3) is 0 Å². The molecule has 3 heteroatoms. The fraction of sp³-hybridized carbons (Fsp3) is 0.538. The maximum absolute atomic E-state index is 9.98. The largest absolute Gasteiger partial charge is 0.387 e. The second kappa shape index (κ2) is 4.53. The van der Waals surface area contributed by atoms with Crippen molar-refractivity contribution in [3.05, 3.63) is 35.9 Å². The van der Waals surface area contributed by atoms with Crippen molar-refractivity contribution in [3.8, 4) is 0 Å². The predicted molar refractivity (Wildman–Crippen MR) is 60.6 cm³/mol. The van der Waals surface area contributed by atoms with E-state index in [2.05, 4.69) is 0 Å². The van der Waals surface area contributed by atoms with Gasteiger partial charge < -0.3 is 14.9 Å². The quantitative estimate of drug-likeness (QED) is 0.745. The molecule has 0 aliphatic heterocycles. The lowest BCUT2D eigenvalue weighted by atomic mass is 10.1. The van der Waals surface area contributed by atoms with Crippen LogP contribution in [-0.4, -0.2) is 22.1 Å². The van der Waals surface area contributed by atoms with E-state index in [1.165, 1.54) is 6.92 Å². The summed E-state index contributed by atoms with van der Waals surface area (Å²) in [4.78, 5) is 0. The molecule has 0 bridgehead atoms. The van der Waals surface area contributed by atoms with E-state index in [1.54, 1.807) is 0 Å². The van der Waals surface area contributed by atoms with E-state index in [-0.39, 0.29) is 5.92 Å². The van der Waals surface area contributed by atoms with Crippen LogP contribution in [0.4, 0.5) is 0 Å². The van der Waals surface area contributed by atoms with Crippen LogP contribution < -0.4 is 0 Å². The van der Waals surface area contributed by atoms with Crippen LogP contribution in [0, 0.1) is 5.92 Å². The molecule has 2 rings (SSSR count). The summed E-state index contributed by atoms with van der Waals surface area (Å²) in [6, 6.07) is 9.63. The van der Waals surface area contributed by atoms with Gasteiger partial charge in [0.05, 0.1) is 6.61 Å². The van der Waals surface area contributed by atoms with Crippen molar-refractivity contribution < 1.29 is 14.9 Å². The van der Waals surface area contributed by atoms with Crippen LogP contribution in [0.15, 0.2) is 30.3 Å². The Balaban J connectivity index is 1.88. The molecule has 0 amide bonds. The van der Waals surface area contributed by atoms with Gasteiger partial charge in [-0.1, -0.05) is 30.3 Å². The molecule has 0 radical (unpaired) electrons. The lowest BCUT2D eigenvalue weighted by Crippen LogP contribution is -2.43. The van der Waals surface area contributed by atoms with Crippen molar-refractivity contribution in [2.45, 2.75) is 38.3 Å². The average molecular weight is 222 g/mol. The zero-order valence-corrected chi connectivity index (χ0v) is 9.47. The van der Waals surface area contributed by atoms with Crippen LogP contribution in [0.2, 0.25) is 0 Å². The van der Waals surface area contributed by atoms with Crippen molar-refractivity contribution in [2.75, 3.05) is 0 Å². The number of rotatable bonds is 5. The number of hydrogen-bond acceptors (Lipinski definition) is 3. The molecule has 1 saturated carbocycles. The molecule has 1 aromatic carbocycles. The van der Waals surface area contributed by atoms with Crippen LogP contribution in [0.25, 0.3) is 0 Å². The van der Waals surface area contributed by atoms with E-state index in [1.807, 2.05) is 30.3 Å². The zero-order chi connectivity index (χ0) is 11.6. The molecular formula is C13H18O3. The van der Waals surface area contributed by atoms with E-state index in [0.717, 1.165) is 18.4 Å². The Labute approximate surface area is 95.7 Å². The summed E-state index contributed by atoms with van der Waals surface area (Å²) >= 11 is 0. The molecule has 0 saturated heterocycles. The van der Waals surface area contributed by atoms with E-state index >= 15 is 0 Å². The number of ether oxygens (including phenoxy) is 1. The molecule has 1 fully saturated rings. The summed E-state index contributed by atoms with van der Waals surface area (Å²) in [7, 11) is 0. The molecule has 0 aromatic heterocycles. The number of hydrogen-bond donors (Lipinski definition) is 2. The Morgan fingerprint density at radius 2 is 2.00 bits per heavy atom. The van der Waals surface area contributed by atoms with Gasteiger partial charge in [-0.3, -0.25) is 0 Å². The summed E-state index contributed by atoms with van der Waals surface area (Å²) in [6.07, 6.45) is 1.18. The minimum atomic E-state index is -1.45. The highest BCUT2D eigenvalue weighted by atomic mass is 16.6. The Morgan fingerprint density at radius 3 is 2.56 bits per heavy atom. The lowest BCUT2D eigenvalue weighted by Gasteiger charge is -2.29. The molecule has 1 aliphatic rings. The van der Waals surface area contributed by atoms with Gasteiger partial charge in [-0.15, -0.1) is 0 Å². The number of aliphatic hydroxyl groups is 2. The summed E-state index contributed by atoms with van der Waals surface area (Å²) < 4.78 is 5.38. The van der Waals surface area contributed by atoms with Crippen LogP contribution >= 0.6 is 0 Å².